The quantitative estimate of drug-likeness (QED) is 0.536. The first-order chi connectivity index (χ1) is 14.2. The minimum absolute atomic E-state index is 0.0508. The van der Waals surface area contributed by atoms with E-state index in [-0.39, 0.29) is 10.5 Å². The summed E-state index contributed by atoms with van der Waals surface area (Å²) in [6.07, 6.45) is 1.08. The first kappa shape index (κ1) is 21.9. The summed E-state index contributed by atoms with van der Waals surface area (Å²) in [5.41, 5.74) is 1.36. The second-order valence-corrected chi connectivity index (χ2v) is 9.44. The molecule has 1 aromatic heterocycles. The van der Waals surface area contributed by atoms with Crippen molar-refractivity contribution in [3.05, 3.63) is 58.4 Å². The van der Waals surface area contributed by atoms with E-state index in [4.69, 9.17) is 9.47 Å². The van der Waals surface area contributed by atoms with Gasteiger partial charge in [0, 0.05) is 25.5 Å². The van der Waals surface area contributed by atoms with Crippen molar-refractivity contribution in [2.75, 3.05) is 27.1 Å². The number of thiazole rings is 1. The third-order valence-corrected chi connectivity index (χ3v) is 6.48. The van der Waals surface area contributed by atoms with Crippen molar-refractivity contribution >= 4 is 43.3 Å². The first-order valence-electron chi connectivity index (χ1n) is 8.84. The Hall–Kier alpha value is -2.82. The lowest BCUT2D eigenvalue weighted by molar-refractivity contribution is 0.0600. The predicted octanol–water partition coefficient (Wildman–Crippen LogP) is 2.28. The number of sulfone groups is 1. The third kappa shape index (κ3) is 4.66. The second kappa shape index (κ2) is 8.90. The van der Waals surface area contributed by atoms with Gasteiger partial charge in [-0.25, -0.2) is 13.2 Å². The monoisotopic (exact) mass is 448 g/mol. The molecule has 1 amide bonds. The highest BCUT2D eigenvalue weighted by atomic mass is 32.2. The van der Waals surface area contributed by atoms with Crippen LogP contribution < -0.4 is 4.80 Å². The average Bonchev–Trinajstić information content (AvgIpc) is 3.07. The Morgan fingerprint density at radius 2 is 1.87 bits per heavy atom. The van der Waals surface area contributed by atoms with Gasteiger partial charge in [0.15, 0.2) is 14.6 Å². The molecule has 10 heteroatoms. The Morgan fingerprint density at radius 1 is 1.10 bits per heavy atom. The Morgan fingerprint density at radius 3 is 2.53 bits per heavy atom. The Bertz CT molecular complexity index is 1290. The van der Waals surface area contributed by atoms with Crippen LogP contribution in [0, 0.1) is 0 Å². The highest BCUT2D eigenvalue weighted by Gasteiger charge is 2.14. The Kier molecular flexibility index (Phi) is 6.49. The van der Waals surface area contributed by atoms with Crippen molar-refractivity contribution in [3.8, 4) is 0 Å². The van der Waals surface area contributed by atoms with Gasteiger partial charge in [-0.15, -0.1) is 0 Å². The van der Waals surface area contributed by atoms with Gasteiger partial charge in [0.25, 0.3) is 5.91 Å². The molecule has 3 aromatic rings. The van der Waals surface area contributed by atoms with Crippen molar-refractivity contribution in [1.29, 1.82) is 0 Å². The summed E-state index contributed by atoms with van der Waals surface area (Å²) in [6.45, 7) is 0.846. The van der Waals surface area contributed by atoms with Crippen LogP contribution in [0.3, 0.4) is 0 Å². The van der Waals surface area contributed by atoms with Crippen LogP contribution in [-0.2, 0) is 25.9 Å². The van der Waals surface area contributed by atoms with Gasteiger partial charge in [-0.3, -0.25) is 4.79 Å². The number of carbonyl (C=O) groups excluding carboxylic acids is 2. The Labute approximate surface area is 177 Å². The van der Waals surface area contributed by atoms with Crippen molar-refractivity contribution in [2.45, 2.75) is 11.4 Å². The summed E-state index contributed by atoms with van der Waals surface area (Å²) in [6, 6.07) is 10.9. The molecule has 158 valence electrons. The molecule has 0 fully saturated rings. The molecule has 0 aliphatic carbocycles. The van der Waals surface area contributed by atoms with Crippen molar-refractivity contribution in [1.82, 2.24) is 4.57 Å². The zero-order valence-corrected chi connectivity index (χ0v) is 18.2. The molecule has 0 unspecified atom stereocenters. The number of nitrogens with zero attached hydrogens (tertiary/aromatic N) is 2. The lowest BCUT2D eigenvalue weighted by Gasteiger charge is -2.05. The van der Waals surface area contributed by atoms with Gasteiger partial charge in [0.1, 0.15) is 0 Å². The molecule has 3 rings (SSSR count). The number of fused-ring (bicyclic) bond motifs is 1. The number of hydrogen-bond acceptors (Lipinski definition) is 7. The first-order valence-corrected chi connectivity index (χ1v) is 11.5. The Balaban J connectivity index is 2.12. The molecule has 0 aliphatic rings. The van der Waals surface area contributed by atoms with Crippen LogP contribution in [0.25, 0.3) is 10.2 Å². The van der Waals surface area contributed by atoms with E-state index in [1.54, 1.807) is 25.3 Å². The average molecular weight is 449 g/mol. The van der Waals surface area contributed by atoms with Gasteiger partial charge in [-0.2, -0.15) is 4.99 Å². The molecular formula is C20H20N2O6S2. The third-order valence-electron chi connectivity index (χ3n) is 4.33. The fourth-order valence-corrected chi connectivity index (χ4v) is 4.57. The summed E-state index contributed by atoms with van der Waals surface area (Å²) in [7, 11) is -0.563. The lowest BCUT2D eigenvalue weighted by Crippen LogP contribution is -2.19. The summed E-state index contributed by atoms with van der Waals surface area (Å²) in [5.74, 6) is -1.02. The van der Waals surface area contributed by atoms with Crippen molar-refractivity contribution in [3.63, 3.8) is 0 Å². The molecule has 0 atom stereocenters. The SMILES string of the molecule is COCCn1c(=NC(=O)c2cccc(S(C)(=O)=O)c2)sc2cc(C(=O)OC)ccc21. The van der Waals surface area contributed by atoms with Crippen LogP contribution in [0.1, 0.15) is 20.7 Å². The number of amides is 1. The topological polar surface area (TPSA) is 104 Å². The van der Waals surface area contributed by atoms with Gasteiger partial charge in [-0.05, 0) is 36.4 Å². The zero-order valence-electron chi connectivity index (χ0n) is 16.6. The van der Waals surface area contributed by atoms with E-state index in [9.17, 15) is 18.0 Å². The molecule has 30 heavy (non-hydrogen) atoms. The number of esters is 1. The molecular weight excluding hydrogens is 428 g/mol. The van der Waals surface area contributed by atoms with Gasteiger partial charge in [0.2, 0.25) is 0 Å². The molecule has 0 aliphatic heterocycles. The van der Waals surface area contributed by atoms with Gasteiger partial charge >= 0.3 is 5.97 Å². The van der Waals surface area contributed by atoms with Crippen LogP contribution in [0.2, 0.25) is 0 Å². The predicted molar refractivity (Wildman–Crippen MR) is 112 cm³/mol. The second-order valence-electron chi connectivity index (χ2n) is 6.42. The highest BCUT2D eigenvalue weighted by Crippen LogP contribution is 2.20. The molecule has 0 bridgehead atoms. The zero-order chi connectivity index (χ0) is 21.9. The maximum absolute atomic E-state index is 12.7. The van der Waals surface area contributed by atoms with E-state index < -0.39 is 21.7 Å². The van der Waals surface area contributed by atoms with E-state index in [2.05, 4.69) is 4.99 Å². The van der Waals surface area contributed by atoms with Crippen molar-refractivity contribution < 1.29 is 27.5 Å². The fraction of sp³-hybridized carbons (Fsp3) is 0.250. The van der Waals surface area contributed by atoms with Crippen LogP contribution in [0.15, 0.2) is 52.4 Å². The molecule has 0 spiro atoms. The van der Waals surface area contributed by atoms with Gasteiger partial charge < -0.3 is 14.0 Å². The molecule has 0 saturated heterocycles. The maximum atomic E-state index is 12.7. The van der Waals surface area contributed by atoms with E-state index in [1.165, 1.54) is 42.7 Å². The van der Waals surface area contributed by atoms with Crippen LogP contribution in [0.4, 0.5) is 0 Å². The van der Waals surface area contributed by atoms with E-state index in [0.29, 0.717) is 23.5 Å². The van der Waals surface area contributed by atoms with Crippen LogP contribution >= 0.6 is 11.3 Å². The number of benzene rings is 2. The minimum Gasteiger partial charge on any atom is -0.465 e. The van der Waals surface area contributed by atoms with Gasteiger partial charge in [-0.1, -0.05) is 17.4 Å². The minimum atomic E-state index is -3.44. The standard InChI is InChI=1S/C20H20N2O6S2/c1-27-10-9-22-16-8-7-14(19(24)28-2)12-17(16)29-20(22)21-18(23)13-5-4-6-15(11-13)30(3,25)26/h4-8,11-12H,9-10H2,1-3H3. The number of rotatable bonds is 6. The summed E-state index contributed by atoms with van der Waals surface area (Å²) < 4.78 is 36.0. The number of ether oxygens (including phenoxy) is 2. The normalized spacial score (nSPS) is 12.3. The number of aromatic nitrogens is 1. The van der Waals surface area contributed by atoms with Gasteiger partial charge in [0.05, 0.1) is 34.4 Å². The van der Waals surface area contributed by atoms with E-state index in [0.717, 1.165) is 16.5 Å². The number of hydrogen-bond donors (Lipinski definition) is 0. The molecule has 8 nitrogen and oxygen atoms in total. The van der Waals surface area contributed by atoms with Crippen molar-refractivity contribution in [2.24, 2.45) is 4.99 Å². The summed E-state index contributed by atoms with van der Waals surface area (Å²) >= 11 is 1.24. The van der Waals surface area contributed by atoms with Crippen LogP contribution in [0.5, 0.6) is 0 Å². The highest BCUT2D eigenvalue weighted by molar-refractivity contribution is 7.90. The van der Waals surface area contributed by atoms with Crippen LogP contribution in [-0.4, -0.2) is 51.9 Å². The van der Waals surface area contributed by atoms with E-state index in [1.807, 2.05) is 4.57 Å². The molecule has 2 aromatic carbocycles. The molecule has 0 radical (unpaired) electrons. The largest absolute Gasteiger partial charge is 0.465 e. The smallest absolute Gasteiger partial charge is 0.337 e. The summed E-state index contributed by atoms with van der Waals surface area (Å²) in [5, 5.41) is 0. The molecule has 0 N–H and O–H groups in total. The maximum Gasteiger partial charge on any atom is 0.337 e. The van der Waals surface area contributed by atoms with E-state index >= 15 is 0 Å². The fourth-order valence-electron chi connectivity index (χ4n) is 2.81. The summed E-state index contributed by atoms with van der Waals surface area (Å²) in [4.78, 5) is 29.2. The molecule has 1 heterocycles. The number of methoxy groups -OCH3 is 2. The number of carbonyl (C=O) groups is 2. The molecule has 0 saturated carbocycles. The lowest BCUT2D eigenvalue weighted by atomic mass is 10.2.